The summed E-state index contributed by atoms with van der Waals surface area (Å²) in [4.78, 5) is 12.6. The van der Waals surface area contributed by atoms with Crippen molar-refractivity contribution in [3.05, 3.63) is 71.8 Å². The lowest BCUT2D eigenvalue weighted by Crippen LogP contribution is -2.32. The van der Waals surface area contributed by atoms with Gasteiger partial charge in [-0.3, -0.25) is 4.79 Å². The molecule has 128 valence electrons. The summed E-state index contributed by atoms with van der Waals surface area (Å²) in [6, 6.07) is 19.9. The molecule has 0 saturated heterocycles. The summed E-state index contributed by atoms with van der Waals surface area (Å²) in [7, 11) is 0. The molecular formula is C22H23NO2. The third-order valence-electron chi connectivity index (χ3n) is 4.44. The number of hydrogen-bond acceptors (Lipinski definition) is 2. The number of nitrogens with one attached hydrogen (secondary N) is 1. The summed E-state index contributed by atoms with van der Waals surface area (Å²) in [6.45, 7) is 6.04. The van der Waals surface area contributed by atoms with Crippen LogP contribution in [0.5, 0.6) is 5.75 Å². The van der Waals surface area contributed by atoms with Gasteiger partial charge >= 0.3 is 0 Å². The largest absolute Gasteiger partial charge is 0.481 e. The number of anilines is 1. The number of carbonyl (C=O) groups excluding carboxylic acids is 1. The molecule has 0 aliphatic rings. The number of fused-ring (bicyclic) bond motifs is 1. The maximum atomic E-state index is 12.6. The van der Waals surface area contributed by atoms with E-state index in [1.54, 1.807) is 0 Å². The number of carbonyl (C=O) groups is 1. The molecule has 0 radical (unpaired) electrons. The minimum atomic E-state index is -0.525. The maximum absolute atomic E-state index is 12.6. The third-order valence-corrected chi connectivity index (χ3v) is 4.44. The van der Waals surface area contributed by atoms with E-state index in [4.69, 9.17) is 4.74 Å². The molecule has 0 bridgehead atoms. The molecule has 3 aromatic carbocycles. The molecule has 0 spiro atoms. The van der Waals surface area contributed by atoms with E-state index >= 15 is 0 Å². The highest BCUT2D eigenvalue weighted by atomic mass is 16.5. The van der Waals surface area contributed by atoms with Gasteiger partial charge in [0, 0.05) is 5.69 Å². The first-order valence-electron chi connectivity index (χ1n) is 8.60. The van der Waals surface area contributed by atoms with Crippen molar-refractivity contribution >= 4 is 22.4 Å². The first-order chi connectivity index (χ1) is 12.1. The minimum Gasteiger partial charge on any atom is -0.481 e. The van der Waals surface area contributed by atoms with E-state index in [-0.39, 0.29) is 5.91 Å². The first-order valence-corrected chi connectivity index (χ1v) is 8.60. The zero-order valence-corrected chi connectivity index (χ0v) is 14.9. The second-order valence-electron chi connectivity index (χ2n) is 6.31. The average Bonchev–Trinajstić information content (AvgIpc) is 2.62. The van der Waals surface area contributed by atoms with Crippen LogP contribution < -0.4 is 10.1 Å². The van der Waals surface area contributed by atoms with E-state index in [2.05, 4.69) is 18.3 Å². The summed E-state index contributed by atoms with van der Waals surface area (Å²) in [6.07, 6.45) is 0.0755. The van der Waals surface area contributed by atoms with Crippen LogP contribution in [0.3, 0.4) is 0 Å². The van der Waals surface area contributed by atoms with Crippen molar-refractivity contribution in [1.82, 2.24) is 0 Å². The Balaban J connectivity index is 1.73. The number of aryl methyl sites for hydroxylation is 2. The van der Waals surface area contributed by atoms with Crippen molar-refractivity contribution in [2.45, 2.75) is 33.3 Å². The van der Waals surface area contributed by atoms with Crippen LogP contribution in [0, 0.1) is 13.8 Å². The first kappa shape index (κ1) is 17.0. The lowest BCUT2D eigenvalue weighted by atomic mass is 10.1. The molecule has 3 rings (SSSR count). The number of amides is 1. The Morgan fingerprint density at radius 3 is 2.44 bits per heavy atom. The molecule has 1 N–H and O–H groups in total. The third kappa shape index (κ3) is 4.00. The lowest BCUT2D eigenvalue weighted by molar-refractivity contribution is -0.122. The predicted molar refractivity (Wildman–Crippen MR) is 103 cm³/mol. The van der Waals surface area contributed by atoms with E-state index in [0.717, 1.165) is 22.0 Å². The minimum absolute atomic E-state index is 0.126. The highest BCUT2D eigenvalue weighted by Gasteiger charge is 2.18. The number of rotatable bonds is 5. The Morgan fingerprint density at radius 1 is 0.960 bits per heavy atom. The Labute approximate surface area is 148 Å². The molecule has 0 aromatic heterocycles. The normalized spacial score (nSPS) is 12.0. The van der Waals surface area contributed by atoms with Gasteiger partial charge in [0.1, 0.15) is 5.75 Å². The SMILES string of the molecule is CCC(Oc1ccc2ccccc2c1)C(=O)Nc1ccc(C)c(C)c1. The van der Waals surface area contributed by atoms with Gasteiger partial charge in [-0.1, -0.05) is 43.3 Å². The van der Waals surface area contributed by atoms with Gasteiger partial charge in [0.2, 0.25) is 0 Å². The highest BCUT2D eigenvalue weighted by molar-refractivity contribution is 5.94. The van der Waals surface area contributed by atoms with Gasteiger partial charge < -0.3 is 10.1 Å². The van der Waals surface area contributed by atoms with E-state index in [1.807, 2.05) is 68.4 Å². The van der Waals surface area contributed by atoms with Crippen molar-refractivity contribution in [3.8, 4) is 5.75 Å². The van der Waals surface area contributed by atoms with Gasteiger partial charge in [-0.25, -0.2) is 0 Å². The summed E-state index contributed by atoms with van der Waals surface area (Å²) < 4.78 is 5.95. The van der Waals surface area contributed by atoms with Crippen molar-refractivity contribution in [1.29, 1.82) is 0 Å². The highest BCUT2D eigenvalue weighted by Crippen LogP contribution is 2.22. The topological polar surface area (TPSA) is 38.3 Å². The molecule has 0 aliphatic carbocycles. The van der Waals surface area contributed by atoms with Gasteiger partial charge in [0.15, 0.2) is 6.10 Å². The Bertz CT molecular complexity index is 901. The second kappa shape index (κ2) is 7.39. The summed E-state index contributed by atoms with van der Waals surface area (Å²) in [5, 5.41) is 5.21. The summed E-state index contributed by atoms with van der Waals surface area (Å²) in [5.41, 5.74) is 3.16. The van der Waals surface area contributed by atoms with Gasteiger partial charge in [-0.15, -0.1) is 0 Å². The van der Waals surface area contributed by atoms with Gasteiger partial charge in [0.25, 0.3) is 5.91 Å². The second-order valence-corrected chi connectivity index (χ2v) is 6.31. The number of ether oxygens (including phenoxy) is 1. The lowest BCUT2D eigenvalue weighted by Gasteiger charge is -2.18. The van der Waals surface area contributed by atoms with Crippen LogP contribution in [0.2, 0.25) is 0 Å². The zero-order valence-electron chi connectivity index (χ0n) is 14.9. The zero-order chi connectivity index (χ0) is 17.8. The number of benzene rings is 3. The summed E-state index contributed by atoms with van der Waals surface area (Å²) in [5.74, 6) is 0.583. The molecule has 1 atom stereocenters. The van der Waals surface area contributed by atoms with Gasteiger partial charge in [-0.05, 0) is 66.4 Å². The van der Waals surface area contributed by atoms with Crippen LogP contribution in [0.25, 0.3) is 10.8 Å². The predicted octanol–water partition coefficient (Wildman–Crippen LogP) is 5.25. The van der Waals surface area contributed by atoms with Crippen LogP contribution in [0.4, 0.5) is 5.69 Å². The standard InChI is InChI=1S/C22H23NO2/c1-4-21(22(24)23-19-11-9-15(2)16(3)13-19)25-20-12-10-17-7-5-6-8-18(17)14-20/h5-14,21H,4H2,1-3H3,(H,23,24). The molecular weight excluding hydrogens is 310 g/mol. The molecule has 3 nitrogen and oxygen atoms in total. The van der Waals surface area contributed by atoms with Crippen LogP contribution in [-0.4, -0.2) is 12.0 Å². The molecule has 3 heteroatoms. The molecule has 0 aliphatic heterocycles. The monoisotopic (exact) mass is 333 g/mol. The quantitative estimate of drug-likeness (QED) is 0.692. The average molecular weight is 333 g/mol. The van der Waals surface area contributed by atoms with Crippen LogP contribution in [0.15, 0.2) is 60.7 Å². The van der Waals surface area contributed by atoms with Crippen LogP contribution in [-0.2, 0) is 4.79 Å². The van der Waals surface area contributed by atoms with Gasteiger partial charge in [0.05, 0.1) is 0 Å². The maximum Gasteiger partial charge on any atom is 0.265 e. The van der Waals surface area contributed by atoms with E-state index < -0.39 is 6.10 Å². The fourth-order valence-corrected chi connectivity index (χ4v) is 2.77. The number of hydrogen-bond donors (Lipinski definition) is 1. The van der Waals surface area contributed by atoms with Crippen LogP contribution >= 0.6 is 0 Å². The van der Waals surface area contributed by atoms with Gasteiger partial charge in [-0.2, -0.15) is 0 Å². The van der Waals surface area contributed by atoms with E-state index in [0.29, 0.717) is 12.2 Å². The molecule has 3 aromatic rings. The molecule has 25 heavy (non-hydrogen) atoms. The molecule has 1 amide bonds. The van der Waals surface area contributed by atoms with Crippen molar-refractivity contribution < 1.29 is 9.53 Å². The van der Waals surface area contributed by atoms with Crippen molar-refractivity contribution in [2.24, 2.45) is 0 Å². The van der Waals surface area contributed by atoms with E-state index in [1.165, 1.54) is 5.56 Å². The fourth-order valence-electron chi connectivity index (χ4n) is 2.77. The Morgan fingerprint density at radius 2 is 1.72 bits per heavy atom. The molecule has 0 saturated carbocycles. The summed E-state index contributed by atoms with van der Waals surface area (Å²) >= 11 is 0. The van der Waals surface area contributed by atoms with Crippen LogP contribution in [0.1, 0.15) is 24.5 Å². The van der Waals surface area contributed by atoms with Crippen molar-refractivity contribution in [2.75, 3.05) is 5.32 Å². The molecule has 0 heterocycles. The fraction of sp³-hybridized carbons (Fsp3) is 0.227. The molecule has 1 unspecified atom stereocenters. The Kier molecular flexibility index (Phi) is 5.03. The van der Waals surface area contributed by atoms with E-state index in [9.17, 15) is 4.79 Å². The molecule has 0 fully saturated rings. The van der Waals surface area contributed by atoms with Crippen molar-refractivity contribution in [3.63, 3.8) is 0 Å². The Hall–Kier alpha value is -2.81. The smallest absolute Gasteiger partial charge is 0.265 e.